The van der Waals surface area contributed by atoms with E-state index in [2.05, 4.69) is 0 Å². The van der Waals surface area contributed by atoms with Gasteiger partial charge < -0.3 is 19.3 Å². The molecule has 0 spiro atoms. The minimum atomic E-state index is -0.353. The van der Waals surface area contributed by atoms with Gasteiger partial charge in [0.25, 0.3) is 0 Å². The zero-order valence-electron chi connectivity index (χ0n) is 20.9. The van der Waals surface area contributed by atoms with Gasteiger partial charge in [0.15, 0.2) is 5.78 Å². The van der Waals surface area contributed by atoms with Gasteiger partial charge in [0.1, 0.15) is 17.2 Å². The van der Waals surface area contributed by atoms with Crippen LogP contribution in [-0.2, 0) is 11.2 Å². The van der Waals surface area contributed by atoms with Crippen LogP contribution in [0.15, 0.2) is 70.5 Å². The maximum atomic E-state index is 12.0. The van der Waals surface area contributed by atoms with Crippen molar-refractivity contribution in [2.75, 3.05) is 20.3 Å². The second-order valence-electron chi connectivity index (χ2n) is 8.21. The van der Waals surface area contributed by atoms with Gasteiger partial charge in [-0.3, -0.25) is 4.79 Å². The van der Waals surface area contributed by atoms with Crippen LogP contribution in [0.3, 0.4) is 0 Å². The summed E-state index contributed by atoms with van der Waals surface area (Å²) in [6.45, 7) is 4.51. The number of esters is 1. The van der Waals surface area contributed by atoms with Crippen molar-refractivity contribution in [1.82, 2.24) is 0 Å². The fourth-order valence-electron chi connectivity index (χ4n) is 3.67. The lowest BCUT2D eigenvalue weighted by Crippen LogP contribution is -2.05. The first-order valence-corrected chi connectivity index (χ1v) is 12.8. The number of ketones is 1. The lowest BCUT2D eigenvalue weighted by Gasteiger charge is -2.14. The maximum Gasteiger partial charge on any atom is 0.339 e. The van der Waals surface area contributed by atoms with Gasteiger partial charge in [-0.05, 0) is 74.7 Å². The number of rotatable bonds is 13. The Labute approximate surface area is 216 Å². The van der Waals surface area contributed by atoms with Gasteiger partial charge in [-0.1, -0.05) is 37.2 Å². The summed E-state index contributed by atoms with van der Waals surface area (Å²) >= 11 is 1.50. The van der Waals surface area contributed by atoms with Crippen LogP contribution in [-0.4, -0.2) is 37.2 Å². The molecule has 3 aromatic rings. The average molecular weight is 509 g/mol. The summed E-state index contributed by atoms with van der Waals surface area (Å²) in [6.07, 6.45) is 3.09. The molecule has 0 aromatic heterocycles. The topological polar surface area (TPSA) is 82.1 Å². The van der Waals surface area contributed by atoms with Gasteiger partial charge in [0, 0.05) is 15.4 Å². The second kappa shape index (κ2) is 13.6. The fraction of sp³-hybridized carbons (Fsp3) is 0.310. The Kier molecular flexibility index (Phi) is 10.2. The largest absolute Gasteiger partial charge is 0.507 e. The molecular formula is C29H32O6S. The number of Topliss-reactive ketones (excluding diaryl/α,β-unsaturated/α-hetero) is 1. The summed E-state index contributed by atoms with van der Waals surface area (Å²) in [7, 11) is 1.38. The molecule has 0 aliphatic heterocycles. The summed E-state index contributed by atoms with van der Waals surface area (Å²) in [5.41, 5.74) is 1.56. The molecule has 0 fully saturated rings. The van der Waals surface area contributed by atoms with Crippen LogP contribution in [0.2, 0.25) is 0 Å². The van der Waals surface area contributed by atoms with Crippen molar-refractivity contribution in [3.63, 3.8) is 0 Å². The molecule has 0 bridgehead atoms. The molecule has 190 valence electrons. The smallest absolute Gasteiger partial charge is 0.339 e. The number of hydrogen-bond acceptors (Lipinski definition) is 7. The maximum absolute atomic E-state index is 12.0. The lowest BCUT2D eigenvalue weighted by molar-refractivity contribution is 0.0596. The Morgan fingerprint density at radius 3 is 2.25 bits per heavy atom. The van der Waals surface area contributed by atoms with Crippen LogP contribution in [0.1, 0.15) is 59.4 Å². The molecule has 0 unspecified atom stereocenters. The van der Waals surface area contributed by atoms with E-state index in [0.29, 0.717) is 42.1 Å². The molecule has 3 rings (SSSR count). The van der Waals surface area contributed by atoms with Crippen LogP contribution in [0, 0.1) is 0 Å². The highest BCUT2D eigenvalue weighted by Crippen LogP contribution is 2.33. The van der Waals surface area contributed by atoms with E-state index in [4.69, 9.17) is 14.2 Å². The summed E-state index contributed by atoms with van der Waals surface area (Å²) in [4.78, 5) is 25.5. The predicted molar refractivity (Wildman–Crippen MR) is 141 cm³/mol. The number of methoxy groups -OCH3 is 1. The van der Waals surface area contributed by atoms with Crippen LogP contribution >= 0.6 is 11.8 Å². The summed E-state index contributed by atoms with van der Waals surface area (Å²) in [5.74, 6) is 0.916. The Balaban J connectivity index is 1.45. The second-order valence-corrected chi connectivity index (χ2v) is 9.33. The van der Waals surface area contributed by atoms with Gasteiger partial charge in [0.05, 0.1) is 31.5 Å². The molecule has 1 N–H and O–H groups in total. The quantitative estimate of drug-likeness (QED) is 0.156. The molecule has 3 aromatic carbocycles. The number of phenolic OH excluding ortho intramolecular Hbond substituents is 1. The van der Waals surface area contributed by atoms with Crippen LogP contribution in [0.5, 0.6) is 17.2 Å². The molecule has 0 heterocycles. The fourth-order valence-corrected chi connectivity index (χ4v) is 4.60. The molecule has 6 nitrogen and oxygen atoms in total. The molecule has 0 saturated carbocycles. The van der Waals surface area contributed by atoms with Crippen molar-refractivity contribution in [1.29, 1.82) is 0 Å². The highest BCUT2D eigenvalue weighted by molar-refractivity contribution is 7.99. The van der Waals surface area contributed by atoms with Gasteiger partial charge in [0.2, 0.25) is 0 Å². The van der Waals surface area contributed by atoms with Crippen molar-refractivity contribution in [3.8, 4) is 17.2 Å². The SMILES string of the molecule is CCCc1c(OCCCCOc2ccc(Sc3ccccc3C(=O)OC)cc2)ccc(C(C)=O)c1O. The number of unbranched alkanes of at least 4 members (excludes halogenated alkanes) is 1. The number of phenols is 1. The molecule has 0 radical (unpaired) electrons. The number of carbonyl (C=O) groups is 2. The molecule has 0 atom stereocenters. The summed E-state index contributed by atoms with van der Waals surface area (Å²) in [5, 5.41) is 10.4. The van der Waals surface area contributed by atoms with Crippen molar-refractivity contribution < 1.29 is 28.9 Å². The van der Waals surface area contributed by atoms with E-state index in [1.54, 1.807) is 18.2 Å². The van der Waals surface area contributed by atoms with E-state index in [1.165, 1.54) is 25.8 Å². The van der Waals surface area contributed by atoms with E-state index >= 15 is 0 Å². The average Bonchev–Trinajstić information content (AvgIpc) is 2.88. The van der Waals surface area contributed by atoms with Gasteiger partial charge in [-0.15, -0.1) is 0 Å². The first kappa shape index (κ1) is 27.1. The van der Waals surface area contributed by atoms with E-state index in [-0.39, 0.29) is 17.5 Å². The van der Waals surface area contributed by atoms with Crippen molar-refractivity contribution in [2.24, 2.45) is 0 Å². The van der Waals surface area contributed by atoms with Crippen molar-refractivity contribution in [2.45, 2.75) is 49.3 Å². The number of benzene rings is 3. The predicted octanol–water partition coefficient (Wildman–Crippen LogP) is 6.72. The highest BCUT2D eigenvalue weighted by atomic mass is 32.2. The van der Waals surface area contributed by atoms with Crippen LogP contribution in [0.4, 0.5) is 0 Å². The molecule has 36 heavy (non-hydrogen) atoms. The van der Waals surface area contributed by atoms with Crippen molar-refractivity contribution >= 4 is 23.5 Å². The zero-order chi connectivity index (χ0) is 25.9. The number of aromatic hydroxyl groups is 1. The minimum Gasteiger partial charge on any atom is -0.507 e. The first-order valence-electron chi connectivity index (χ1n) is 12.0. The van der Waals surface area contributed by atoms with Gasteiger partial charge in [-0.25, -0.2) is 4.79 Å². The third kappa shape index (κ3) is 7.28. The number of carbonyl (C=O) groups excluding carboxylic acids is 2. The molecular weight excluding hydrogens is 476 g/mol. The van der Waals surface area contributed by atoms with Crippen molar-refractivity contribution in [3.05, 3.63) is 77.4 Å². The lowest BCUT2D eigenvalue weighted by atomic mass is 10.0. The summed E-state index contributed by atoms with van der Waals surface area (Å²) in [6, 6.07) is 18.5. The Morgan fingerprint density at radius 2 is 1.58 bits per heavy atom. The zero-order valence-corrected chi connectivity index (χ0v) is 21.7. The first-order chi connectivity index (χ1) is 17.4. The Morgan fingerprint density at radius 1 is 0.889 bits per heavy atom. The third-order valence-electron chi connectivity index (χ3n) is 5.53. The standard InChI is InChI=1S/C29H32O6S/c1-4-9-24-26(17-16-23(20(2)30)28(24)31)35-19-8-7-18-34-21-12-14-22(15-13-21)36-27-11-6-5-10-25(27)29(32)33-3/h5-6,10-17,31H,4,7-9,18-19H2,1-3H3. The minimum absolute atomic E-state index is 0.0283. The molecule has 0 saturated heterocycles. The molecule has 0 aliphatic carbocycles. The Hall–Kier alpha value is -3.45. The van der Waals surface area contributed by atoms with E-state index < -0.39 is 0 Å². The highest BCUT2D eigenvalue weighted by Gasteiger charge is 2.16. The van der Waals surface area contributed by atoms with Crippen LogP contribution in [0.25, 0.3) is 0 Å². The van der Waals surface area contributed by atoms with Gasteiger partial charge >= 0.3 is 5.97 Å². The Bertz CT molecular complexity index is 1170. The summed E-state index contributed by atoms with van der Waals surface area (Å²) < 4.78 is 16.6. The normalized spacial score (nSPS) is 10.6. The van der Waals surface area contributed by atoms with Crippen LogP contribution < -0.4 is 9.47 Å². The molecule has 0 aliphatic rings. The molecule has 7 heteroatoms. The number of hydrogen-bond donors (Lipinski definition) is 1. The van der Waals surface area contributed by atoms with E-state index in [9.17, 15) is 14.7 Å². The van der Waals surface area contributed by atoms with Gasteiger partial charge in [-0.2, -0.15) is 0 Å². The molecule has 0 amide bonds. The van der Waals surface area contributed by atoms with E-state index in [1.807, 2.05) is 49.4 Å². The third-order valence-corrected chi connectivity index (χ3v) is 6.61. The van der Waals surface area contributed by atoms with E-state index in [0.717, 1.165) is 34.8 Å². The monoisotopic (exact) mass is 508 g/mol. The number of ether oxygens (including phenoxy) is 3.